The minimum atomic E-state index is -4.58. The zero-order valence-electron chi connectivity index (χ0n) is 20.6. The summed E-state index contributed by atoms with van der Waals surface area (Å²) in [5.41, 5.74) is -1.24. The zero-order valence-corrected chi connectivity index (χ0v) is 21.4. The van der Waals surface area contributed by atoms with Crippen molar-refractivity contribution in [3.63, 3.8) is 0 Å². The predicted molar refractivity (Wildman–Crippen MR) is 129 cm³/mol. The molecule has 3 atom stereocenters. The Balaban J connectivity index is 1.16. The van der Waals surface area contributed by atoms with Crippen LogP contribution in [0, 0.1) is 17.7 Å². The van der Waals surface area contributed by atoms with E-state index in [2.05, 4.69) is 15.1 Å². The standard InChI is InChI=1S/C26H25F7N4S/c1-15-20-13-37(14-24(15,20)19-9-8-18(12-21(19)27)26(31,32)33)10-3-11-38-23-35-34-22(36(23)2)16-4-6-17(7-5-16)25(28,29)30/h4-9,12,15,20H,3,10-11,13-14H2,1-2H3/t15-,20+,24-/m0/s1. The maximum atomic E-state index is 14.7. The molecule has 3 aromatic rings. The van der Waals surface area contributed by atoms with Gasteiger partial charge >= 0.3 is 12.4 Å². The summed E-state index contributed by atoms with van der Waals surface area (Å²) in [6.07, 6.45) is -8.18. The topological polar surface area (TPSA) is 34.0 Å². The van der Waals surface area contributed by atoms with Gasteiger partial charge in [-0.2, -0.15) is 26.3 Å². The van der Waals surface area contributed by atoms with Gasteiger partial charge in [-0.15, -0.1) is 10.2 Å². The molecule has 0 spiro atoms. The van der Waals surface area contributed by atoms with Gasteiger partial charge in [0.1, 0.15) is 5.82 Å². The lowest BCUT2D eigenvalue weighted by atomic mass is 9.91. The van der Waals surface area contributed by atoms with Gasteiger partial charge < -0.3 is 9.47 Å². The molecule has 2 aliphatic rings. The van der Waals surface area contributed by atoms with Crippen molar-refractivity contribution in [2.24, 2.45) is 18.9 Å². The van der Waals surface area contributed by atoms with Crippen LogP contribution in [-0.2, 0) is 24.8 Å². The predicted octanol–water partition coefficient (Wildman–Crippen LogP) is 6.66. The Morgan fingerprint density at radius 3 is 2.26 bits per heavy atom. The van der Waals surface area contributed by atoms with Crippen LogP contribution in [0.3, 0.4) is 0 Å². The fourth-order valence-electron chi connectivity index (χ4n) is 5.74. The number of piperidine rings is 1. The van der Waals surface area contributed by atoms with Crippen molar-refractivity contribution in [2.75, 3.05) is 25.4 Å². The molecule has 1 aliphatic heterocycles. The summed E-state index contributed by atoms with van der Waals surface area (Å²) in [6, 6.07) is 7.64. The van der Waals surface area contributed by atoms with Crippen LogP contribution in [0.4, 0.5) is 30.7 Å². The fraction of sp³-hybridized carbons (Fsp3) is 0.462. The summed E-state index contributed by atoms with van der Waals surface area (Å²) in [5, 5.41) is 8.93. The fourth-order valence-corrected chi connectivity index (χ4v) is 6.58. The number of benzene rings is 2. The lowest BCUT2D eigenvalue weighted by molar-refractivity contribution is -0.138. The summed E-state index contributed by atoms with van der Waals surface area (Å²) in [7, 11) is 1.76. The molecule has 204 valence electrons. The number of rotatable bonds is 7. The number of hydrogen-bond acceptors (Lipinski definition) is 4. The number of fused-ring (bicyclic) bond motifs is 1. The Bertz CT molecular complexity index is 1320. The van der Waals surface area contributed by atoms with Crippen molar-refractivity contribution in [3.8, 4) is 11.4 Å². The van der Waals surface area contributed by atoms with Crippen LogP contribution in [0.15, 0.2) is 47.6 Å². The van der Waals surface area contributed by atoms with Gasteiger partial charge in [0.15, 0.2) is 11.0 Å². The van der Waals surface area contributed by atoms with Crippen molar-refractivity contribution >= 4 is 11.8 Å². The molecule has 1 saturated carbocycles. The molecule has 38 heavy (non-hydrogen) atoms. The van der Waals surface area contributed by atoms with Gasteiger partial charge in [-0.3, -0.25) is 0 Å². The monoisotopic (exact) mass is 558 g/mol. The van der Waals surface area contributed by atoms with Crippen molar-refractivity contribution in [3.05, 3.63) is 65.0 Å². The molecule has 0 amide bonds. The van der Waals surface area contributed by atoms with E-state index in [1.54, 1.807) is 11.6 Å². The molecule has 0 radical (unpaired) electrons. The maximum absolute atomic E-state index is 14.7. The summed E-state index contributed by atoms with van der Waals surface area (Å²) < 4.78 is 93.8. The number of likely N-dealkylation sites (tertiary alicyclic amines) is 1. The molecule has 0 unspecified atom stereocenters. The summed E-state index contributed by atoms with van der Waals surface area (Å²) in [5.74, 6) is 0.818. The van der Waals surface area contributed by atoms with Gasteiger partial charge in [0.2, 0.25) is 0 Å². The molecule has 1 saturated heterocycles. The van der Waals surface area contributed by atoms with E-state index in [1.807, 2.05) is 6.92 Å². The third kappa shape index (κ3) is 4.81. The summed E-state index contributed by atoms with van der Waals surface area (Å²) in [4.78, 5) is 2.23. The van der Waals surface area contributed by atoms with Crippen LogP contribution in [0.25, 0.3) is 11.4 Å². The van der Waals surface area contributed by atoms with Gasteiger partial charge in [0, 0.05) is 36.9 Å². The number of alkyl halides is 6. The molecule has 12 heteroatoms. The Kier molecular flexibility index (Phi) is 6.78. The van der Waals surface area contributed by atoms with Gasteiger partial charge in [-0.05, 0) is 54.6 Å². The molecule has 1 aromatic heterocycles. The Morgan fingerprint density at radius 1 is 0.974 bits per heavy atom. The molecule has 1 aliphatic carbocycles. The van der Waals surface area contributed by atoms with E-state index < -0.39 is 34.7 Å². The van der Waals surface area contributed by atoms with E-state index in [-0.39, 0.29) is 11.8 Å². The first-order valence-electron chi connectivity index (χ1n) is 12.1. The van der Waals surface area contributed by atoms with Crippen LogP contribution >= 0.6 is 11.8 Å². The molecular weight excluding hydrogens is 533 g/mol. The molecule has 5 rings (SSSR count). The van der Waals surface area contributed by atoms with E-state index >= 15 is 0 Å². The first-order chi connectivity index (χ1) is 17.8. The van der Waals surface area contributed by atoms with E-state index in [4.69, 9.17) is 0 Å². The lowest BCUT2D eigenvalue weighted by Crippen LogP contribution is -2.30. The van der Waals surface area contributed by atoms with Gasteiger partial charge in [-0.25, -0.2) is 4.39 Å². The molecular formula is C26H25F7N4S. The second kappa shape index (κ2) is 9.55. The molecule has 0 N–H and O–H groups in total. The number of nitrogens with zero attached hydrogens (tertiary/aromatic N) is 4. The van der Waals surface area contributed by atoms with Crippen molar-refractivity contribution < 1.29 is 30.7 Å². The maximum Gasteiger partial charge on any atom is 0.416 e. The van der Waals surface area contributed by atoms with Crippen molar-refractivity contribution in [1.82, 2.24) is 19.7 Å². The first kappa shape index (κ1) is 27.0. The average Bonchev–Trinajstić information content (AvgIpc) is 3.15. The molecule has 2 fully saturated rings. The highest BCUT2D eigenvalue weighted by molar-refractivity contribution is 7.99. The SMILES string of the molecule is C[C@H]1[C@H]2CN(CCCSc3nnc(-c4ccc(C(F)(F)F)cc4)n3C)C[C@]21c1ccc(C(F)(F)F)cc1F. The quantitative estimate of drug-likeness (QED) is 0.185. The van der Waals surface area contributed by atoms with E-state index in [9.17, 15) is 30.7 Å². The number of halogens is 7. The van der Waals surface area contributed by atoms with Crippen LogP contribution in [0.2, 0.25) is 0 Å². The smallest absolute Gasteiger partial charge is 0.305 e. The number of hydrogen-bond donors (Lipinski definition) is 0. The first-order valence-corrected chi connectivity index (χ1v) is 13.1. The largest absolute Gasteiger partial charge is 0.416 e. The van der Waals surface area contributed by atoms with Crippen LogP contribution < -0.4 is 0 Å². The molecule has 0 bridgehead atoms. The third-order valence-corrected chi connectivity index (χ3v) is 8.97. The van der Waals surface area contributed by atoms with E-state index in [0.29, 0.717) is 34.7 Å². The normalized spacial score (nSPS) is 23.6. The highest BCUT2D eigenvalue weighted by Crippen LogP contribution is 2.64. The van der Waals surface area contributed by atoms with E-state index in [1.165, 1.54) is 30.0 Å². The number of thioether (sulfide) groups is 1. The van der Waals surface area contributed by atoms with Gasteiger partial charge in [0.05, 0.1) is 11.1 Å². The van der Waals surface area contributed by atoms with Crippen LogP contribution in [0.1, 0.15) is 30.0 Å². The highest BCUT2D eigenvalue weighted by Gasteiger charge is 2.67. The second-order valence-corrected chi connectivity index (χ2v) is 11.1. The summed E-state index contributed by atoms with van der Waals surface area (Å²) in [6.45, 7) is 4.16. The highest BCUT2D eigenvalue weighted by atomic mass is 32.2. The van der Waals surface area contributed by atoms with Crippen LogP contribution in [0.5, 0.6) is 0 Å². The Hall–Kier alpha value is -2.60. The minimum Gasteiger partial charge on any atom is -0.305 e. The third-order valence-electron chi connectivity index (χ3n) is 7.86. The lowest BCUT2D eigenvalue weighted by Gasteiger charge is -2.23. The zero-order chi connectivity index (χ0) is 27.5. The van der Waals surface area contributed by atoms with Crippen molar-refractivity contribution in [1.29, 1.82) is 0 Å². The average molecular weight is 559 g/mol. The van der Waals surface area contributed by atoms with Gasteiger partial charge in [-0.1, -0.05) is 36.9 Å². The molecule has 4 nitrogen and oxygen atoms in total. The van der Waals surface area contributed by atoms with Gasteiger partial charge in [0.25, 0.3) is 0 Å². The summed E-state index contributed by atoms with van der Waals surface area (Å²) >= 11 is 1.48. The van der Waals surface area contributed by atoms with Crippen molar-refractivity contribution in [2.45, 2.75) is 36.3 Å². The Labute approximate surface area is 219 Å². The minimum absolute atomic E-state index is 0.210. The van der Waals surface area contributed by atoms with E-state index in [0.717, 1.165) is 43.5 Å². The Morgan fingerprint density at radius 2 is 1.63 bits per heavy atom. The molecule has 2 heterocycles. The molecule has 2 aromatic carbocycles. The number of aromatic nitrogens is 3. The second-order valence-electron chi connectivity index (χ2n) is 10.0. The van der Waals surface area contributed by atoms with Crippen LogP contribution in [-0.4, -0.2) is 45.1 Å².